The molecule has 3 aromatic rings. The van der Waals surface area contributed by atoms with Crippen LogP contribution in [0.1, 0.15) is 12.5 Å². The number of fused-ring (bicyclic) bond motifs is 1. The molecule has 2 aromatic carbocycles. The molecule has 0 amide bonds. The molecule has 134 valence electrons. The zero-order valence-electron chi connectivity index (χ0n) is 14.1. The van der Waals surface area contributed by atoms with Crippen LogP contribution < -0.4 is 5.43 Å². The molecule has 1 heterocycles. The van der Waals surface area contributed by atoms with E-state index >= 15 is 0 Å². The molecule has 1 aromatic heterocycles. The van der Waals surface area contributed by atoms with Gasteiger partial charge in [0.25, 0.3) is 0 Å². The van der Waals surface area contributed by atoms with E-state index in [2.05, 4.69) is 6.58 Å². The molecule has 3 rings (SSSR count). The standard InChI is InChI=1S/C20H18O6/c1-10(2)15(22)7-13-16(23)8-17-18(19(13)24)20(25)14(9-26-17)11-3-5-12(21)6-4-11/h3-6,8-9,15,21-24H,1,7H2,2H3/t15-/m1/s1. The van der Waals surface area contributed by atoms with Gasteiger partial charge in [0.05, 0.1) is 11.7 Å². The smallest absolute Gasteiger partial charge is 0.204 e. The molecule has 4 N–H and O–H groups in total. The van der Waals surface area contributed by atoms with Gasteiger partial charge in [-0.05, 0) is 24.6 Å². The largest absolute Gasteiger partial charge is 0.508 e. The van der Waals surface area contributed by atoms with Gasteiger partial charge in [-0.25, -0.2) is 0 Å². The lowest BCUT2D eigenvalue weighted by Crippen LogP contribution is -2.12. The van der Waals surface area contributed by atoms with Gasteiger partial charge in [0, 0.05) is 18.1 Å². The summed E-state index contributed by atoms with van der Waals surface area (Å²) >= 11 is 0. The first kappa shape index (κ1) is 17.6. The van der Waals surface area contributed by atoms with Crippen LogP contribution >= 0.6 is 0 Å². The molecule has 26 heavy (non-hydrogen) atoms. The van der Waals surface area contributed by atoms with Gasteiger partial charge in [0.2, 0.25) is 5.43 Å². The first-order chi connectivity index (χ1) is 12.3. The Morgan fingerprint density at radius 3 is 2.46 bits per heavy atom. The van der Waals surface area contributed by atoms with E-state index in [1.54, 1.807) is 19.1 Å². The average molecular weight is 354 g/mol. The van der Waals surface area contributed by atoms with Crippen molar-refractivity contribution in [1.29, 1.82) is 0 Å². The second kappa shape index (κ2) is 6.57. The van der Waals surface area contributed by atoms with Crippen molar-refractivity contribution in [2.45, 2.75) is 19.4 Å². The third-order valence-corrected chi connectivity index (χ3v) is 4.27. The molecule has 0 saturated carbocycles. The number of aromatic hydroxyl groups is 3. The van der Waals surface area contributed by atoms with Crippen LogP contribution in [0.3, 0.4) is 0 Å². The maximum Gasteiger partial charge on any atom is 0.204 e. The van der Waals surface area contributed by atoms with Crippen molar-refractivity contribution in [1.82, 2.24) is 0 Å². The van der Waals surface area contributed by atoms with Crippen molar-refractivity contribution in [3.63, 3.8) is 0 Å². The molecular formula is C20H18O6. The fraction of sp³-hybridized carbons (Fsp3) is 0.150. The first-order valence-electron chi connectivity index (χ1n) is 7.91. The Kier molecular flexibility index (Phi) is 4.44. The highest BCUT2D eigenvalue weighted by Crippen LogP contribution is 2.36. The Bertz CT molecular complexity index is 1050. The van der Waals surface area contributed by atoms with Crippen molar-refractivity contribution in [3.8, 4) is 28.4 Å². The molecule has 0 aliphatic rings. The first-order valence-corrected chi connectivity index (χ1v) is 7.91. The number of phenolic OH excluding ortho intramolecular Hbond substituents is 3. The second-order valence-corrected chi connectivity index (χ2v) is 6.19. The summed E-state index contributed by atoms with van der Waals surface area (Å²) in [5.41, 5.74) is 0.762. The number of rotatable bonds is 4. The van der Waals surface area contributed by atoms with Gasteiger partial charge in [-0.2, -0.15) is 0 Å². The van der Waals surface area contributed by atoms with Crippen LogP contribution in [0.5, 0.6) is 17.2 Å². The molecule has 0 bridgehead atoms. The van der Waals surface area contributed by atoms with Crippen LogP contribution in [0, 0.1) is 0 Å². The van der Waals surface area contributed by atoms with E-state index in [1.165, 1.54) is 24.5 Å². The molecule has 6 nitrogen and oxygen atoms in total. The van der Waals surface area contributed by atoms with Crippen LogP contribution in [0.15, 0.2) is 58.0 Å². The number of hydrogen-bond acceptors (Lipinski definition) is 6. The predicted octanol–water partition coefficient (Wildman–Crippen LogP) is 3.06. The lowest BCUT2D eigenvalue weighted by Gasteiger charge is -2.14. The van der Waals surface area contributed by atoms with Crippen LogP contribution in [0.2, 0.25) is 0 Å². The molecule has 0 radical (unpaired) electrons. The van der Waals surface area contributed by atoms with Gasteiger partial charge in [-0.3, -0.25) is 4.79 Å². The van der Waals surface area contributed by atoms with Crippen molar-refractivity contribution in [2.24, 2.45) is 0 Å². The Balaban J connectivity index is 2.22. The maximum atomic E-state index is 12.9. The van der Waals surface area contributed by atoms with E-state index in [4.69, 9.17) is 4.42 Å². The minimum atomic E-state index is -0.975. The zero-order valence-corrected chi connectivity index (χ0v) is 14.1. The summed E-state index contributed by atoms with van der Waals surface area (Å²) < 4.78 is 5.41. The quantitative estimate of drug-likeness (QED) is 0.536. The van der Waals surface area contributed by atoms with Crippen LogP contribution in [-0.4, -0.2) is 26.5 Å². The molecule has 0 aliphatic carbocycles. The fourth-order valence-corrected chi connectivity index (χ4v) is 2.70. The summed E-state index contributed by atoms with van der Waals surface area (Å²) in [7, 11) is 0. The second-order valence-electron chi connectivity index (χ2n) is 6.19. The summed E-state index contributed by atoms with van der Waals surface area (Å²) in [5.74, 6) is -0.659. The Morgan fingerprint density at radius 1 is 1.19 bits per heavy atom. The van der Waals surface area contributed by atoms with Crippen LogP contribution in [-0.2, 0) is 6.42 Å². The van der Waals surface area contributed by atoms with Gasteiger partial charge in [-0.15, -0.1) is 0 Å². The van der Waals surface area contributed by atoms with Crippen molar-refractivity contribution in [3.05, 3.63) is 64.5 Å². The van der Waals surface area contributed by atoms with Gasteiger partial charge < -0.3 is 24.8 Å². The molecule has 0 aliphatic heterocycles. The van der Waals surface area contributed by atoms with E-state index in [0.29, 0.717) is 11.1 Å². The molecule has 0 spiro atoms. The maximum absolute atomic E-state index is 12.9. The number of phenols is 3. The Hall–Kier alpha value is -3.25. The van der Waals surface area contributed by atoms with Gasteiger partial charge in [-0.1, -0.05) is 24.3 Å². The van der Waals surface area contributed by atoms with Crippen molar-refractivity contribution in [2.75, 3.05) is 0 Å². The summed E-state index contributed by atoms with van der Waals surface area (Å²) in [6.07, 6.45) is 0.168. The summed E-state index contributed by atoms with van der Waals surface area (Å²) in [5, 5.41) is 40.0. The Labute approximate surface area is 148 Å². The highest BCUT2D eigenvalue weighted by molar-refractivity contribution is 5.89. The van der Waals surface area contributed by atoms with Crippen LogP contribution in [0.25, 0.3) is 22.1 Å². The summed E-state index contributed by atoms with van der Waals surface area (Å²) in [6, 6.07) is 7.21. The van der Waals surface area contributed by atoms with Crippen molar-refractivity contribution >= 4 is 11.0 Å². The van der Waals surface area contributed by atoms with E-state index in [9.17, 15) is 25.2 Å². The minimum absolute atomic E-state index is 0.0288. The third kappa shape index (κ3) is 3.02. The van der Waals surface area contributed by atoms with Gasteiger partial charge in [0.1, 0.15) is 34.5 Å². The molecule has 0 fully saturated rings. The molecular weight excluding hydrogens is 336 g/mol. The number of benzene rings is 2. The lowest BCUT2D eigenvalue weighted by molar-refractivity contribution is 0.209. The third-order valence-electron chi connectivity index (χ3n) is 4.27. The zero-order chi connectivity index (χ0) is 19.0. The number of hydrogen-bond donors (Lipinski definition) is 4. The summed E-state index contributed by atoms with van der Waals surface area (Å²) in [4.78, 5) is 12.9. The predicted molar refractivity (Wildman–Crippen MR) is 97.4 cm³/mol. The number of aliphatic hydroxyl groups excluding tert-OH is 1. The topological polar surface area (TPSA) is 111 Å². The molecule has 1 atom stereocenters. The minimum Gasteiger partial charge on any atom is -0.508 e. The van der Waals surface area contributed by atoms with E-state index in [1.807, 2.05) is 0 Å². The van der Waals surface area contributed by atoms with Crippen LogP contribution in [0.4, 0.5) is 0 Å². The van der Waals surface area contributed by atoms with Crippen molar-refractivity contribution < 1.29 is 24.8 Å². The summed E-state index contributed by atoms with van der Waals surface area (Å²) in [6.45, 7) is 5.26. The monoisotopic (exact) mass is 354 g/mol. The van der Waals surface area contributed by atoms with E-state index in [-0.39, 0.29) is 40.0 Å². The average Bonchev–Trinajstić information content (AvgIpc) is 2.59. The van der Waals surface area contributed by atoms with Gasteiger partial charge >= 0.3 is 0 Å². The highest BCUT2D eigenvalue weighted by Gasteiger charge is 2.21. The van der Waals surface area contributed by atoms with Gasteiger partial charge in [0.15, 0.2) is 0 Å². The fourth-order valence-electron chi connectivity index (χ4n) is 2.70. The number of aliphatic hydroxyl groups is 1. The molecule has 0 saturated heterocycles. The normalized spacial score (nSPS) is 12.2. The molecule has 6 heteroatoms. The van der Waals surface area contributed by atoms with E-state index < -0.39 is 17.3 Å². The SMILES string of the molecule is C=C(C)[C@H](O)Cc1c(O)cc2occ(-c3ccc(O)cc3)c(=O)c2c1O. The van der Waals surface area contributed by atoms with E-state index in [0.717, 1.165) is 0 Å². The lowest BCUT2D eigenvalue weighted by atomic mass is 9.98. The highest BCUT2D eigenvalue weighted by atomic mass is 16.3. The Morgan fingerprint density at radius 2 is 1.85 bits per heavy atom. The molecule has 0 unspecified atom stereocenters.